The molecule has 1 aliphatic heterocycles. The molecule has 5 nitrogen and oxygen atoms in total. The maximum Gasteiger partial charge on any atom is 0.272 e. The highest BCUT2D eigenvalue weighted by Crippen LogP contribution is 2.18. The Morgan fingerprint density at radius 2 is 2.16 bits per heavy atom. The van der Waals surface area contributed by atoms with Gasteiger partial charge >= 0.3 is 0 Å². The number of rotatable bonds is 4. The van der Waals surface area contributed by atoms with E-state index in [0.717, 1.165) is 25.9 Å². The third kappa shape index (κ3) is 4.32. The molecule has 1 amide bonds. The largest absolute Gasteiger partial charge is 0.366 e. The Kier molecular flexibility index (Phi) is 5.26. The van der Waals surface area contributed by atoms with Crippen molar-refractivity contribution < 1.29 is 9.18 Å². The molecule has 25 heavy (non-hydrogen) atoms. The average Bonchev–Trinajstić information content (AvgIpc) is 2.60. The molecule has 0 radical (unpaired) electrons. The highest BCUT2D eigenvalue weighted by molar-refractivity contribution is 5.93. The predicted octanol–water partition coefficient (Wildman–Crippen LogP) is 3.41. The van der Waals surface area contributed by atoms with Crippen LogP contribution in [0.25, 0.3) is 0 Å². The van der Waals surface area contributed by atoms with Gasteiger partial charge in [-0.1, -0.05) is 25.1 Å². The highest BCUT2D eigenvalue weighted by Gasteiger charge is 2.23. The SMILES string of the molecule is Cc1nc(NCc2ccccc2F)cc(C(=O)N2CCCC(C)C2)n1. The Labute approximate surface area is 147 Å². The molecule has 132 valence electrons. The van der Waals surface area contributed by atoms with Crippen molar-refractivity contribution in [2.75, 3.05) is 18.4 Å². The number of nitrogens with one attached hydrogen (secondary N) is 1. The van der Waals surface area contributed by atoms with E-state index in [1.807, 2.05) is 4.90 Å². The lowest BCUT2D eigenvalue weighted by molar-refractivity contribution is 0.0676. The minimum Gasteiger partial charge on any atom is -0.366 e. The second kappa shape index (κ2) is 7.59. The number of piperidine rings is 1. The molecular weight excluding hydrogens is 319 g/mol. The van der Waals surface area contributed by atoms with Crippen molar-refractivity contribution in [1.82, 2.24) is 14.9 Å². The molecule has 6 heteroatoms. The highest BCUT2D eigenvalue weighted by atomic mass is 19.1. The standard InChI is InChI=1S/C19H23FN4O/c1-13-6-5-9-24(12-13)19(25)17-10-18(23-14(2)22-17)21-11-15-7-3-4-8-16(15)20/h3-4,7-8,10,13H,5-6,9,11-12H2,1-2H3,(H,21,22,23). The Morgan fingerprint density at radius 1 is 1.36 bits per heavy atom. The summed E-state index contributed by atoms with van der Waals surface area (Å²) in [5.41, 5.74) is 0.939. The summed E-state index contributed by atoms with van der Waals surface area (Å²) in [5.74, 6) is 1.24. The molecule has 1 N–H and O–H groups in total. The number of carbonyl (C=O) groups is 1. The van der Waals surface area contributed by atoms with Crippen LogP contribution in [0.1, 0.15) is 41.6 Å². The van der Waals surface area contributed by atoms with E-state index in [2.05, 4.69) is 22.2 Å². The van der Waals surface area contributed by atoms with Gasteiger partial charge in [-0.15, -0.1) is 0 Å². The zero-order valence-electron chi connectivity index (χ0n) is 14.6. The fourth-order valence-corrected chi connectivity index (χ4v) is 3.13. The van der Waals surface area contributed by atoms with Crippen LogP contribution in [0.15, 0.2) is 30.3 Å². The summed E-state index contributed by atoms with van der Waals surface area (Å²) in [7, 11) is 0. The number of nitrogens with zero attached hydrogens (tertiary/aromatic N) is 3. The van der Waals surface area contributed by atoms with E-state index in [4.69, 9.17) is 0 Å². The molecule has 0 spiro atoms. The molecule has 1 fully saturated rings. The van der Waals surface area contributed by atoms with E-state index in [1.165, 1.54) is 6.07 Å². The first-order chi connectivity index (χ1) is 12.0. The second-order valence-corrected chi connectivity index (χ2v) is 6.63. The molecule has 1 saturated heterocycles. The van der Waals surface area contributed by atoms with Crippen LogP contribution >= 0.6 is 0 Å². The number of benzene rings is 1. The minimum absolute atomic E-state index is 0.0639. The van der Waals surface area contributed by atoms with E-state index >= 15 is 0 Å². The third-order valence-corrected chi connectivity index (χ3v) is 4.42. The summed E-state index contributed by atoms with van der Waals surface area (Å²) in [6, 6.07) is 8.24. The lowest BCUT2D eigenvalue weighted by atomic mass is 10.00. The van der Waals surface area contributed by atoms with E-state index in [1.54, 1.807) is 31.2 Å². The summed E-state index contributed by atoms with van der Waals surface area (Å²) in [6.45, 7) is 5.75. The van der Waals surface area contributed by atoms with Gasteiger partial charge in [0.05, 0.1) is 0 Å². The first-order valence-electron chi connectivity index (χ1n) is 8.65. The molecule has 1 aromatic carbocycles. The van der Waals surface area contributed by atoms with Gasteiger partial charge in [0.2, 0.25) is 0 Å². The lowest BCUT2D eigenvalue weighted by Crippen LogP contribution is -2.39. The molecule has 2 aromatic rings. The average molecular weight is 342 g/mol. The summed E-state index contributed by atoms with van der Waals surface area (Å²) >= 11 is 0. The first kappa shape index (κ1) is 17.3. The number of aromatic nitrogens is 2. The summed E-state index contributed by atoms with van der Waals surface area (Å²) < 4.78 is 13.7. The molecule has 0 aliphatic carbocycles. The zero-order valence-corrected chi connectivity index (χ0v) is 14.6. The Bertz CT molecular complexity index is 765. The fraction of sp³-hybridized carbons (Fsp3) is 0.421. The Hall–Kier alpha value is -2.50. The van der Waals surface area contributed by atoms with Crippen molar-refractivity contribution in [2.45, 2.75) is 33.2 Å². The summed E-state index contributed by atoms with van der Waals surface area (Å²) in [6.07, 6.45) is 2.18. The van der Waals surface area contributed by atoms with Crippen LogP contribution in [-0.4, -0.2) is 33.9 Å². The third-order valence-electron chi connectivity index (χ3n) is 4.42. The van der Waals surface area contributed by atoms with E-state index < -0.39 is 0 Å². The number of carbonyl (C=O) groups excluding carboxylic acids is 1. The van der Waals surface area contributed by atoms with Gasteiger partial charge < -0.3 is 10.2 Å². The smallest absolute Gasteiger partial charge is 0.272 e. The maximum atomic E-state index is 13.7. The van der Waals surface area contributed by atoms with Crippen LogP contribution < -0.4 is 5.32 Å². The maximum absolute atomic E-state index is 13.7. The van der Waals surface area contributed by atoms with Crippen molar-refractivity contribution in [2.24, 2.45) is 5.92 Å². The topological polar surface area (TPSA) is 58.1 Å². The van der Waals surface area contributed by atoms with E-state index in [-0.39, 0.29) is 11.7 Å². The van der Waals surface area contributed by atoms with Gasteiger partial charge in [-0.3, -0.25) is 4.79 Å². The lowest BCUT2D eigenvalue weighted by Gasteiger charge is -2.30. The number of aryl methyl sites for hydroxylation is 1. The van der Waals surface area contributed by atoms with Crippen LogP contribution in [0.5, 0.6) is 0 Å². The number of likely N-dealkylation sites (tertiary alicyclic amines) is 1. The van der Waals surface area contributed by atoms with Gasteiger partial charge in [0, 0.05) is 31.3 Å². The van der Waals surface area contributed by atoms with Gasteiger partial charge in [-0.2, -0.15) is 0 Å². The minimum atomic E-state index is -0.264. The first-order valence-corrected chi connectivity index (χ1v) is 8.65. The molecule has 1 unspecified atom stereocenters. The number of amides is 1. The number of anilines is 1. The normalized spacial score (nSPS) is 17.4. The number of hydrogen-bond acceptors (Lipinski definition) is 4. The quantitative estimate of drug-likeness (QED) is 0.925. The van der Waals surface area contributed by atoms with Crippen LogP contribution in [0.2, 0.25) is 0 Å². The van der Waals surface area contributed by atoms with E-state index in [9.17, 15) is 9.18 Å². The second-order valence-electron chi connectivity index (χ2n) is 6.63. The fourth-order valence-electron chi connectivity index (χ4n) is 3.13. The number of hydrogen-bond donors (Lipinski definition) is 1. The molecule has 0 saturated carbocycles. The molecule has 1 aromatic heterocycles. The van der Waals surface area contributed by atoms with Crippen LogP contribution in [-0.2, 0) is 6.54 Å². The van der Waals surface area contributed by atoms with E-state index in [0.29, 0.717) is 35.4 Å². The Morgan fingerprint density at radius 3 is 2.92 bits per heavy atom. The van der Waals surface area contributed by atoms with Crippen molar-refractivity contribution in [1.29, 1.82) is 0 Å². The van der Waals surface area contributed by atoms with Gasteiger partial charge in [-0.25, -0.2) is 14.4 Å². The van der Waals surface area contributed by atoms with Gasteiger partial charge in [0.1, 0.15) is 23.2 Å². The monoisotopic (exact) mass is 342 g/mol. The van der Waals surface area contributed by atoms with Crippen LogP contribution in [0.3, 0.4) is 0 Å². The molecule has 1 atom stereocenters. The Balaban J connectivity index is 1.74. The van der Waals surface area contributed by atoms with Crippen LogP contribution in [0.4, 0.5) is 10.2 Å². The van der Waals surface area contributed by atoms with Crippen molar-refractivity contribution >= 4 is 11.7 Å². The van der Waals surface area contributed by atoms with Crippen molar-refractivity contribution in [3.8, 4) is 0 Å². The zero-order chi connectivity index (χ0) is 17.8. The molecule has 2 heterocycles. The van der Waals surface area contributed by atoms with Crippen molar-refractivity contribution in [3.05, 3.63) is 53.2 Å². The molecule has 0 bridgehead atoms. The summed E-state index contributed by atoms with van der Waals surface area (Å²) in [5, 5.41) is 3.09. The van der Waals surface area contributed by atoms with Gasteiger partial charge in [0.15, 0.2) is 0 Å². The molecule has 1 aliphatic rings. The summed E-state index contributed by atoms with van der Waals surface area (Å²) in [4.78, 5) is 23.2. The molecule has 3 rings (SSSR count). The number of halogens is 1. The van der Waals surface area contributed by atoms with Crippen molar-refractivity contribution in [3.63, 3.8) is 0 Å². The van der Waals surface area contributed by atoms with Crippen LogP contribution in [0, 0.1) is 18.7 Å². The van der Waals surface area contributed by atoms with Gasteiger partial charge in [0.25, 0.3) is 5.91 Å². The molecular formula is C19H23FN4O. The predicted molar refractivity (Wildman–Crippen MR) is 94.8 cm³/mol. The van der Waals surface area contributed by atoms with Gasteiger partial charge in [-0.05, 0) is 31.7 Å².